The second-order valence-corrected chi connectivity index (χ2v) is 5.23. The summed E-state index contributed by atoms with van der Waals surface area (Å²) in [5.74, 6) is 0. The second kappa shape index (κ2) is 7.81. The Balaban J connectivity index is 2.49. The molecule has 0 aliphatic carbocycles. The van der Waals surface area contributed by atoms with Crippen molar-refractivity contribution in [2.24, 2.45) is 0 Å². The van der Waals surface area contributed by atoms with Gasteiger partial charge in [-0.1, -0.05) is 19.1 Å². The first-order chi connectivity index (χ1) is 9.06. The number of benzene rings is 1. The Kier molecular flexibility index (Phi) is 6.38. The van der Waals surface area contributed by atoms with Crippen LogP contribution in [-0.2, 0) is 6.42 Å². The molecule has 1 aromatic carbocycles. The number of hydrogen-bond acceptors (Lipinski definition) is 3. The second-order valence-electron chi connectivity index (χ2n) is 5.23. The number of nitriles is 1. The van der Waals surface area contributed by atoms with Gasteiger partial charge in [0.15, 0.2) is 0 Å². The van der Waals surface area contributed by atoms with Crippen molar-refractivity contribution in [3.8, 4) is 6.07 Å². The molecule has 1 atom stereocenters. The fourth-order valence-electron chi connectivity index (χ4n) is 2.03. The normalized spacial score (nSPS) is 12.2. The van der Waals surface area contributed by atoms with Gasteiger partial charge in [-0.15, -0.1) is 0 Å². The molecule has 1 aromatic rings. The minimum Gasteiger partial charge on any atom is -0.375 e. The molecule has 1 unspecified atom stereocenters. The molecule has 0 heterocycles. The molecule has 0 saturated heterocycles. The molecule has 104 valence electrons. The minimum absolute atomic E-state index is 0.0719. The van der Waals surface area contributed by atoms with E-state index < -0.39 is 0 Å². The Morgan fingerprint density at radius 2 is 1.89 bits per heavy atom. The average Bonchev–Trinajstić information content (AvgIpc) is 2.42. The number of nitrogens with zero attached hydrogens (tertiary/aromatic N) is 2. The lowest BCUT2D eigenvalue weighted by atomic mass is 10.1. The van der Waals surface area contributed by atoms with Crippen LogP contribution in [-0.4, -0.2) is 25.7 Å². The van der Waals surface area contributed by atoms with Crippen molar-refractivity contribution in [2.75, 3.05) is 18.5 Å². The van der Waals surface area contributed by atoms with Crippen LogP contribution in [0.1, 0.15) is 32.8 Å². The minimum atomic E-state index is -0.0719. The van der Waals surface area contributed by atoms with E-state index in [0.717, 1.165) is 19.4 Å². The third-order valence-electron chi connectivity index (χ3n) is 3.23. The van der Waals surface area contributed by atoms with Crippen LogP contribution in [0.4, 0.5) is 5.69 Å². The molecule has 3 heteroatoms. The molecule has 0 aliphatic heterocycles. The number of nitrogens with one attached hydrogen (secondary N) is 1. The molecule has 0 saturated carbocycles. The fourth-order valence-corrected chi connectivity index (χ4v) is 2.03. The van der Waals surface area contributed by atoms with Crippen molar-refractivity contribution in [3.05, 3.63) is 29.8 Å². The fraction of sp³-hybridized carbons (Fsp3) is 0.562. The zero-order valence-corrected chi connectivity index (χ0v) is 12.5. The van der Waals surface area contributed by atoms with Crippen LogP contribution in [0, 0.1) is 11.3 Å². The molecule has 1 rings (SSSR count). The maximum Gasteiger partial charge on any atom is 0.0971 e. The molecule has 0 bridgehead atoms. The van der Waals surface area contributed by atoms with Gasteiger partial charge >= 0.3 is 0 Å². The monoisotopic (exact) mass is 259 g/mol. The van der Waals surface area contributed by atoms with Gasteiger partial charge in [0.1, 0.15) is 0 Å². The van der Waals surface area contributed by atoms with E-state index in [2.05, 4.69) is 68.4 Å². The molecule has 0 radical (unpaired) electrons. The van der Waals surface area contributed by atoms with Gasteiger partial charge in [0.2, 0.25) is 0 Å². The van der Waals surface area contributed by atoms with E-state index in [4.69, 9.17) is 5.26 Å². The van der Waals surface area contributed by atoms with Crippen molar-refractivity contribution < 1.29 is 0 Å². The van der Waals surface area contributed by atoms with Crippen molar-refractivity contribution in [1.29, 1.82) is 5.26 Å². The van der Waals surface area contributed by atoms with Gasteiger partial charge < -0.3 is 4.90 Å². The molecular weight excluding hydrogens is 234 g/mol. The van der Waals surface area contributed by atoms with Crippen molar-refractivity contribution in [1.82, 2.24) is 5.32 Å². The van der Waals surface area contributed by atoms with Crippen LogP contribution < -0.4 is 10.2 Å². The van der Waals surface area contributed by atoms with Crippen LogP contribution >= 0.6 is 0 Å². The summed E-state index contributed by atoms with van der Waals surface area (Å²) in [6.45, 7) is 7.17. The zero-order chi connectivity index (χ0) is 14.3. The molecule has 1 N–H and O–H groups in total. The van der Waals surface area contributed by atoms with Gasteiger partial charge in [-0.3, -0.25) is 5.32 Å². The maximum absolute atomic E-state index is 9.10. The lowest BCUT2D eigenvalue weighted by Gasteiger charge is -2.22. The molecular formula is C16H25N3. The SMILES string of the molecule is CCc1ccc(N(C)CCC(C#N)NC(C)C)cc1. The van der Waals surface area contributed by atoms with Gasteiger partial charge in [0, 0.05) is 25.3 Å². The van der Waals surface area contributed by atoms with Crippen LogP contribution in [0.2, 0.25) is 0 Å². The first kappa shape index (κ1) is 15.5. The highest BCUT2D eigenvalue weighted by Crippen LogP contribution is 2.14. The van der Waals surface area contributed by atoms with E-state index >= 15 is 0 Å². The Hall–Kier alpha value is -1.53. The summed E-state index contributed by atoms with van der Waals surface area (Å²) in [7, 11) is 2.07. The molecule has 0 spiro atoms. The Bertz CT molecular complexity index is 403. The standard InChI is InChI=1S/C16H25N3/c1-5-14-6-8-16(9-7-14)19(4)11-10-15(12-17)18-13(2)3/h6-9,13,15,18H,5,10-11H2,1-4H3. The van der Waals surface area contributed by atoms with Crippen LogP contribution in [0.5, 0.6) is 0 Å². The smallest absolute Gasteiger partial charge is 0.0971 e. The van der Waals surface area contributed by atoms with Gasteiger partial charge in [-0.25, -0.2) is 0 Å². The molecule has 0 amide bonds. The van der Waals surface area contributed by atoms with Gasteiger partial charge in [-0.05, 0) is 44.4 Å². The Morgan fingerprint density at radius 1 is 1.26 bits per heavy atom. The third-order valence-corrected chi connectivity index (χ3v) is 3.23. The number of aryl methyl sites for hydroxylation is 1. The van der Waals surface area contributed by atoms with Gasteiger partial charge in [0.25, 0.3) is 0 Å². The molecule has 0 aromatic heterocycles. The van der Waals surface area contributed by atoms with Gasteiger partial charge in [-0.2, -0.15) is 5.26 Å². The summed E-state index contributed by atoms with van der Waals surface area (Å²) in [4.78, 5) is 2.20. The molecule has 3 nitrogen and oxygen atoms in total. The average molecular weight is 259 g/mol. The lowest BCUT2D eigenvalue weighted by molar-refractivity contribution is 0.507. The summed E-state index contributed by atoms with van der Waals surface area (Å²) in [6, 6.07) is 11.2. The third kappa shape index (κ3) is 5.32. The summed E-state index contributed by atoms with van der Waals surface area (Å²) in [5.41, 5.74) is 2.56. The predicted octanol–water partition coefficient (Wildman–Crippen LogP) is 2.97. The summed E-state index contributed by atoms with van der Waals surface area (Å²) >= 11 is 0. The summed E-state index contributed by atoms with van der Waals surface area (Å²) in [5, 5.41) is 12.4. The largest absolute Gasteiger partial charge is 0.375 e. The van der Waals surface area contributed by atoms with Crippen LogP contribution in [0.3, 0.4) is 0 Å². The van der Waals surface area contributed by atoms with E-state index in [0.29, 0.717) is 6.04 Å². The maximum atomic E-state index is 9.10. The molecule has 0 aliphatic rings. The van der Waals surface area contributed by atoms with E-state index in [1.165, 1.54) is 11.3 Å². The Labute approximate surface area is 117 Å². The van der Waals surface area contributed by atoms with E-state index in [1.54, 1.807) is 0 Å². The first-order valence-electron chi connectivity index (χ1n) is 7.02. The van der Waals surface area contributed by atoms with Gasteiger partial charge in [0.05, 0.1) is 12.1 Å². The first-order valence-corrected chi connectivity index (χ1v) is 7.02. The van der Waals surface area contributed by atoms with Crippen LogP contribution in [0.15, 0.2) is 24.3 Å². The molecule has 19 heavy (non-hydrogen) atoms. The lowest BCUT2D eigenvalue weighted by Crippen LogP contribution is -2.36. The zero-order valence-electron chi connectivity index (χ0n) is 12.5. The summed E-state index contributed by atoms with van der Waals surface area (Å²) in [6.07, 6.45) is 1.90. The quantitative estimate of drug-likeness (QED) is 0.818. The number of rotatable bonds is 7. The van der Waals surface area contributed by atoms with E-state index in [9.17, 15) is 0 Å². The van der Waals surface area contributed by atoms with E-state index in [-0.39, 0.29) is 6.04 Å². The molecule has 0 fully saturated rings. The predicted molar refractivity (Wildman–Crippen MR) is 81.4 cm³/mol. The van der Waals surface area contributed by atoms with Crippen molar-refractivity contribution in [3.63, 3.8) is 0 Å². The van der Waals surface area contributed by atoms with Crippen molar-refractivity contribution >= 4 is 5.69 Å². The number of anilines is 1. The Morgan fingerprint density at radius 3 is 2.37 bits per heavy atom. The van der Waals surface area contributed by atoms with E-state index in [1.807, 2.05) is 0 Å². The topological polar surface area (TPSA) is 39.1 Å². The van der Waals surface area contributed by atoms with Crippen molar-refractivity contribution in [2.45, 2.75) is 45.7 Å². The number of hydrogen-bond donors (Lipinski definition) is 1. The summed E-state index contributed by atoms with van der Waals surface area (Å²) < 4.78 is 0. The highest BCUT2D eigenvalue weighted by molar-refractivity contribution is 5.46. The van der Waals surface area contributed by atoms with Crippen LogP contribution in [0.25, 0.3) is 0 Å². The highest BCUT2D eigenvalue weighted by Gasteiger charge is 2.10. The highest BCUT2D eigenvalue weighted by atomic mass is 15.1.